The predicted molar refractivity (Wildman–Crippen MR) is 109 cm³/mol. The molecule has 6 heteroatoms. The Hall–Kier alpha value is -2.34. The van der Waals surface area contributed by atoms with Crippen LogP contribution in [0.15, 0.2) is 47.4 Å². The molecule has 0 radical (unpaired) electrons. The second kappa shape index (κ2) is 11.4. The highest BCUT2D eigenvalue weighted by atomic mass is 32.2. The van der Waals surface area contributed by atoms with Gasteiger partial charge in [-0.05, 0) is 55.3 Å². The number of amides is 1. The molecule has 0 fully saturated rings. The lowest BCUT2D eigenvalue weighted by molar-refractivity contribution is -0.118. The quantitative estimate of drug-likeness (QED) is 0.581. The van der Waals surface area contributed by atoms with E-state index in [2.05, 4.69) is 12.2 Å². The molecule has 0 aliphatic rings. The van der Waals surface area contributed by atoms with Crippen molar-refractivity contribution in [3.63, 3.8) is 0 Å². The Morgan fingerprint density at radius 2 is 1.81 bits per heavy atom. The van der Waals surface area contributed by atoms with Crippen LogP contribution in [0, 0.1) is 0 Å². The Labute approximate surface area is 165 Å². The van der Waals surface area contributed by atoms with Gasteiger partial charge in [-0.2, -0.15) is 0 Å². The number of carbonyl (C=O) groups excluding carboxylic acids is 1. The van der Waals surface area contributed by atoms with Crippen molar-refractivity contribution in [2.75, 3.05) is 26.1 Å². The van der Waals surface area contributed by atoms with Gasteiger partial charge in [-0.1, -0.05) is 13.0 Å². The average Bonchev–Trinajstić information content (AvgIpc) is 2.70. The molecule has 2 aromatic carbocycles. The van der Waals surface area contributed by atoms with Gasteiger partial charge in [0.15, 0.2) is 11.5 Å². The minimum absolute atomic E-state index is 0.0147. The Balaban J connectivity index is 1.80. The van der Waals surface area contributed by atoms with Crippen LogP contribution in [0.5, 0.6) is 17.2 Å². The summed E-state index contributed by atoms with van der Waals surface area (Å²) in [7, 11) is 1.62. The Morgan fingerprint density at radius 3 is 2.48 bits per heavy atom. The van der Waals surface area contributed by atoms with Crippen molar-refractivity contribution in [3.05, 3.63) is 48.0 Å². The summed E-state index contributed by atoms with van der Waals surface area (Å²) in [5.74, 6) is 2.59. The highest BCUT2D eigenvalue weighted by molar-refractivity contribution is 8.00. The van der Waals surface area contributed by atoms with Gasteiger partial charge in [0, 0.05) is 11.4 Å². The molecule has 0 spiro atoms. The molecule has 0 aliphatic heterocycles. The van der Waals surface area contributed by atoms with Crippen molar-refractivity contribution in [2.45, 2.75) is 31.7 Å². The summed E-state index contributed by atoms with van der Waals surface area (Å²) >= 11 is 1.50. The molecular weight excluding hydrogens is 362 g/mol. The molecule has 0 unspecified atom stereocenters. The molecular formula is C21H27NO4S. The third-order valence-corrected chi connectivity index (χ3v) is 4.70. The lowest BCUT2D eigenvalue weighted by Gasteiger charge is -2.12. The highest BCUT2D eigenvalue weighted by Gasteiger charge is 2.08. The van der Waals surface area contributed by atoms with Crippen molar-refractivity contribution in [1.29, 1.82) is 0 Å². The van der Waals surface area contributed by atoms with Crippen LogP contribution in [0.1, 0.15) is 25.8 Å². The van der Waals surface area contributed by atoms with E-state index in [1.54, 1.807) is 7.11 Å². The van der Waals surface area contributed by atoms with Gasteiger partial charge in [-0.25, -0.2) is 0 Å². The monoisotopic (exact) mass is 389 g/mol. The third kappa shape index (κ3) is 7.06. The molecule has 0 heterocycles. The SMILES string of the molecule is CCCOc1ccc(CNC(=O)CSc2ccc(OCC)cc2)cc1OC. The summed E-state index contributed by atoms with van der Waals surface area (Å²) < 4.78 is 16.4. The summed E-state index contributed by atoms with van der Waals surface area (Å²) in [5.41, 5.74) is 0.968. The van der Waals surface area contributed by atoms with Gasteiger partial charge in [0.2, 0.25) is 5.91 Å². The molecule has 27 heavy (non-hydrogen) atoms. The summed E-state index contributed by atoms with van der Waals surface area (Å²) in [5, 5.41) is 2.93. The number of nitrogens with one attached hydrogen (secondary N) is 1. The molecule has 2 aromatic rings. The first-order chi connectivity index (χ1) is 13.2. The number of thioether (sulfide) groups is 1. The fourth-order valence-corrected chi connectivity index (χ4v) is 3.08. The molecule has 0 atom stereocenters. The van der Waals surface area contributed by atoms with Crippen LogP contribution < -0.4 is 19.5 Å². The zero-order valence-electron chi connectivity index (χ0n) is 16.1. The minimum atomic E-state index is -0.0147. The molecule has 0 saturated carbocycles. The number of ether oxygens (including phenoxy) is 3. The van der Waals surface area contributed by atoms with Crippen LogP contribution >= 0.6 is 11.8 Å². The number of methoxy groups -OCH3 is 1. The molecule has 146 valence electrons. The second-order valence-corrected chi connectivity index (χ2v) is 6.85. The Bertz CT molecular complexity index is 719. The zero-order valence-corrected chi connectivity index (χ0v) is 16.9. The second-order valence-electron chi connectivity index (χ2n) is 5.80. The fraction of sp³-hybridized carbons (Fsp3) is 0.381. The van der Waals surface area contributed by atoms with Crippen molar-refractivity contribution in [2.24, 2.45) is 0 Å². The smallest absolute Gasteiger partial charge is 0.230 e. The largest absolute Gasteiger partial charge is 0.494 e. The first kappa shape index (κ1) is 21.0. The van der Waals surface area contributed by atoms with E-state index in [0.29, 0.717) is 31.3 Å². The third-order valence-electron chi connectivity index (χ3n) is 3.68. The first-order valence-corrected chi connectivity index (χ1v) is 10.1. The molecule has 5 nitrogen and oxygen atoms in total. The van der Waals surface area contributed by atoms with Crippen LogP contribution in [0.4, 0.5) is 0 Å². The maximum Gasteiger partial charge on any atom is 0.230 e. The van der Waals surface area contributed by atoms with Crippen molar-refractivity contribution >= 4 is 17.7 Å². The molecule has 0 saturated heterocycles. The normalized spacial score (nSPS) is 10.3. The number of hydrogen-bond donors (Lipinski definition) is 1. The van der Waals surface area contributed by atoms with Crippen LogP contribution in [0.25, 0.3) is 0 Å². The molecule has 0 aliphatic carbocycles. The number of hydrogen-bond acceptors (Lipinski definition) is 5. The van der Waals surface area contributed by atoms with E-state index in [1.807, 2.05) is 49.4 Å². The van der Waals surface area contributed by atoms with E-state index >= 15 is 0 Å². The van der Waals surface area contributed by atoms with E-state index in [0.717, 1.165) is 28.4 Å². The average molecular weight is 390 g/mol. The van der Waals surface area contributed by atoms with Crippen LogP contribution in [-0.4, -0.2) is 32.0 Å². The van der Waals surface area contributed by atoms with E-state index in [4.69, 9.17) is 14.2 Å². The molecule has 0 aromatic heterocycles. The van der Waals surface area contributed by atoms with E-state index in [9.17, 15) is 4.79 Å². The van der Waals surface area contributed by atoms with Crippen molar-refractivity contribution in [3.8, 4) is 17.2 Å². The predicted octanol–water partition coefficient (Wildman–Crippen LogP) is 4.29. The molecule has 1 amide bonds. The van der Waals surface area contributed by atoms with Gasteiger partial charge in [0.1, 0.15) is 5.75 Å². The Morgan fingerprint density at radius 1 is 1.04 bits per heavy atom. The van der Waals surface area contributed by atoms with Gasteiger partial charge in [-0.3, -0.25) is 4.79 Å². The summed E-state index contributed by atoms with van der Waals surface area (Å²) in [6.45, 7) is 5.75. The lowest BCUT2D eigenvalue weighted by Crippen LogP contribution is -2.24. The van der Waals surface area contributed by atoms with Gasteiger partial charge in [-0.15, -0.1) is 11.8 Å². The highest BCUT2D eigenvalue weighted by Crippen LogP contribution is 2.28. The number of rotatable bonds is 11. The fourth-order valence-electron chi connectivity index (χ4n) is 2.35. The minimum Gasteiger partial charge on any atom is -0.494 e. The summed E-state index contributed by atoms with van der Waals surface area (Å²) in [4.78, 5) is 13.1. The van der Waals surface area contributed by atoms with Crippen molar-refractivity contribution in [1.82, 2.24) is 5.32 Å². The topological polar surface area (TPSA) is 56.8 Å². The van der Waals surface area contributed by atoms with Crippen LogP contribution in [0.3, 0.4) is 0 Å². The summed E-state index contributed by atoms with van der Waals surface area (Å²) in [6.07, 6.45) is 0.937. The maximum absolute atomic E-state index is 12.1. The van der Waals surface area contributed by atoms with Crippen molar-refractivity contribution < 1.29 is 19.0 Å². The van der Waals surface area contributed by atoms with Crippen LogP contribution in [0.2, 0.25) is 0 Å². The number of carbonyl (C=O) groups is 1. The maximum atomic E-state index is 12.1. The molecule has 1 N–H and O–H groups in total. The Kier molecular flexibility index (Phi) is 8.84. The lowest BCUT2D eigenvalue weighted by atomic mass is 10.2. The molecule has 2 rings (SSSR count). The summed E-state index contributed by atoms with van der Waals surface area (Å²) in [6, 6.07) is 13.5. The van der Waals surface area contributed by atoms with Gasteiger partial charge >= 0.3 is 0 Å². The van der Waals surface area contributed by atoms with Gasteiger partial charge in [0.25, 0.3) is 0 Å². The van der Waals surface area contributed by atoms with Gasteiger partial charge in [0.05, 0.1) is 26.1 Å². The first-order valence-electron chi connectivity index (χ1n) is 9.08. The van der Waals surface area contributed by atoms with E-state index in [-0.39, 0.29) is 5.91 Å². The van der Waals surface area contributed by atoms with E-state index < -0.39 is 0 Å². The standard InChI is InChI=1S/C21H27NO4S/c1-4-12-26-19-11-6-16(13-20(19)24-3)14-22-21(23)15-27-18-9-7-17(8-10-18)25-5-2/h6-11,13H,4-5,12,14-15H2,1-3H3,(H,22,23). The zero-order chi connectivity index (χ0) is 19.5. The van der Waals surface area contributed by atoms with Gasteiger partial charge < -0.3 is 19.5 Å². The number of benzene rings is 2. The van der Waals surface area contributed by atoms with E-state index in [1.165, 1.54) is 11.8 Å². The molecule has 0 bridgehead atoms. The van der Waals surface area contributed by atoms with Crippen LogP contribution in [-0.2, 0) is 11.3 Å².